The maximum absolute atomic E-state index is 12.6. The van der Waals surface area contributed by atoms with Crippen LogP contribution in [0.2, 0.25) is 0 Å². The van der Waals surface area contributed by atoms with Crippen LogP contribution in [0.3, 0.4) is 0 Å². The predicted molar refractivity (Wildman–Crippen MR) is 93.0 cm³/mol. The number of amides is 2. The van der Waals surface area contributed by atoms with Gasteiger partial charge in [0.2, 0.25) is 11.8 Å². The summed E-state index contributed by atoms with van der Waals surface area (Å²) in [5.41, 5.74) is 5.46. The van der Waals surface area contributed by atoms with Gasteiger partial charge in [-0.2, -0.15) is 0 Å². The van der Waals surface area contributed by atoms with Crippen molar-refractivity contribution in [3.05, 3.63) is 0 Å². The molecule has 2 rings (SSSR count). The molecule has 0 aromatic carbocycles. The van der Waals surface area contributed by atoms with Crippen molar-refractivity contribution in [3.63, 3.8) is 0 Å². The first-order chi connectivity index (χ1) is 11.2. The molecule has 2 heterocycles. The van der Waals surface area contributed by atoms with E-state index in [1.807, 2.05) is 4.90 Å². The number of methoxy groups -OCH3 is 1. The fraction of sp³-hybridized carbons (Fsp3) is 0.875. The lowest BCUT2D eigenvalue weighted by atomic mass is 10.0. The number of piperidine rings is 1. The highest BCUT2D eigenvalue weighted by atomic mass is 35.5. The lowest BCUT2D eigenvalue weighted by molar-refractivity contribution is -0.138. The van der Waals surface area contributed by atoms with Crippen LogP contribution >= 0.6 is 12.4 Å². The molecule has 24 heavy (non-hydrogen) atoms. The van der Waals surface area contributed by atoms with Gasteiger partial charge in [0, 0.05) is 46.3 Å². The van der Waals surface area contributed by atoms with Crippen LogP contribution in [-0.2, 0) is 19.1 Å². The SMILES string of the molecule is COCCN1CC(C(=O)N2CCC(OCCCN)CC2)CC1=O.Cl. The highest BCUT2D eigenvalue weighted by molar-refractivity contribution is 5.89. The maximum Gasteiger partial charge on any atom is 0.227 e. The van der Waals surface area contributed by atoms with Gasteiger partial charge < -0.3 is 25.0 Å². The van der Waals surface area contributed by atoms with Gasteiger partial charge in [-0.25, -0.2) is 0 Å². The fourth-order valence-corrected chi connectivity index (χ4v) is 3.19. The maximum atomic E-state index is 12.6. The number of rotatable bonds is 8. The minimum atomic E-state index is -0.200. The number of hydrogen-bond donors (Lipinski definition) is 1. The predicted octanol–water partition coefficient (Wildman–Crippen LogP) is 0.260. The van der Waals surface area contributed by atoms with Gasteiger partial charge in [-0.3, -0.25) is 9.59 Å². The van der Waals surface area contributed by atoms with E-state index >= 15 is 0 Å². The minimum absolute atomic E-state index is 0. The number of halogens is 1. The molecular formula is C16H30ClN3O4. The van der Waals surface area contributed by atoms with E-state index in [1.54, 1.807) is 12.0 Å². The first-order valence-electron chi connectivity index (χ1n) is 8.53. The van der Waals surface area contributed by atoms with Gasteiger partial charge in [0.05, 0.1) is 18.6 Å². The Morgan fingerprint density at radius 1 is 1.29 bits per heavy atom. The first-order valence-corrected chi connectivity index (χ1v) is 8.53. The van der Waals surface area contributed by atoms with E-state index in [-0.39, 0.29) is 36.2 Å². The van der Waals surface area contributed by atoms with Crippen molar-refractivity contribution in [2.45, 2.75) is 31.8 Å². The van der Waals surface area contributed by atoms with Gasteiger partial charge in [0.1, 0.15) is 0 Å². The largest absolute Gasteiger partial charge is 0.383 e. The van der Waals surface area contributed by atoms with Gasteiger partial charge >= 0.3 is 0 Å². The van der Waals surface area contributed by atoms with Crippen molar-refractivity contribution in [1.82, 2.24) is 9.80 Å². The Labute approximate surface area is 150 Å². The fourth-order valence-electron chi connectivity index (χ4n) is 3.19. The summed E-state index contributed by atoms with van der Waals surface area (Å²) in [4.78, 5) is 28.2. The van der Waals surface area contributed by atoms with Gasteiger partial charge in [-0.1, -0.05) is 0 Å². The molecule has 0 radical (unpaired) electrons. The molecule has 140 valence electrons. The molecule has 0 bridgehead atoms. The summed E-state index contributed by atoms with van der Waals surface area (Å²) >= 11 is 0. The number of nitrogens with two attached hydrogens (primary N) is 1. The van der Waals surface area contributed by atoms with E-state index in [0.717, 1.165) is 32.4 Å². The molecule has 2 fully saturated rings. The molecule has 0 saturated carbocycles. The van der Waals surface area contributed by atoms with Gasteiger partial charge in [-0.05, 0) is 25.8 Å². The summed E-state index contributed by atoms with van der Waals surface area (Å²) in [5.74, 6) is -0.0341. The van der Waals surface area contributed by atoms with Gasteiger partial charge in [-0.15, -0.1) is 12.4 Å². The molecule has 2 amide bonds. The summed E-state index contributed by atoms with van der Waals surface area (Å²) in [6, 6.07) is 0. The summed E-state index contributed by atoms with van der Waals surface area (Å²) in [6.45, 7) is 4.37. The van der Waals surface area contributed by atoms with Crippen LogP contribution < -0.4 is 5.73 Å². The molecule has 0 aromatic rings. The van der Waals surface area contributed by atoms with E-state index in [2.05, 4.69) is 0 Å². The van der Waals surface area contributed by atoms with Crippen molar-refractivity contribution < 1.29 is 19.1 Å². The van der Waals surface area contributed by atoms with Gasteiger partial charge in [0.15, 0.2) is 0 Å². The molecular weight excluding hydrogens is 334 g/mol. The summed E-state index contributed by atoms with van der Waals surface area (Å²) < 4.78 is 10.8. The number of carbonyl (C=O) groups is 2. The first kappa shape index (κ1) is 21.2. The van der Waals surface area contributed by atoms with E-state index in [9.17, 15) is 9.59 Å². The third kappa shape index (κ3) is 5.88. The smallest absolute Gasteiger partial charge is 0.227 e. The Balaban J connectivity index is 0.00000288. The highest BCUT2D eigenvalue weighted by Crippen LogP contribution is 2.23. The number of ether oxygens (including phenoxy) is 2. The zero-order chi connectivity index (χ0) is 16.7. The Morgan fingerprint density at radius 2 is 2.00 bits per heavy atom. The van der Waals surface area contributed by atoms with E-state index in [1.165, 1.54) is 0 Å². The summed E-state index contributed by atoms with van der Waals surface area (Å²) in [5, 5.41) is 0. The molecule has 0 aromatic heterocycles. The van der Waals surface area contributed by atoms with Crippen molar-refractivity contribution in [2.75, 3.05) is 53.0 Å². The average molecular weight is 364 g/mol. The second-order valence-corrected chi connectivity index (χ2v) is 6.27. The number of likely N-dealkylation sites (tertiary alicyclic amines) is 2. The topological polar surface area (TPSA) is 85.1 Å². The van der Waals surface area contributed by atoms with E-state index in [0.29, 0.717) is 39.3 Å². The van der Waals surface area contributed by atoms with Crippen LogP contribution in [-0.4, -0.2) is 80.8 Å². The Hall–Kier alpha value is -0.890. The molecule has 2 N–H and O–H groups in total. The quantitative estimate of drug-likeness (QED) is 0.625. The van der Waals surface area contributed by atoms with Crippen LogP contribution in [0.5, 0.6) is 0 Å². The van der Waals surface area contributed by atoms with Crippen LogP contribution in [0.15, 0.2) is 0 Å². The molecule has 2 aliphatic heterocycles. The molecule has 2 saturated heterocycles. The Bertz CT molecular complexity index is 403. The summed E-state index contributed by atoms with van der Waals surface area (Å²) in [6.07, 6.45) is 3.17. The molecule has 7 nitrogen and oxygen atoms in total. The number of hydrogen-bond acceptors (Lipinski definition) is 5. The molecule has 0 aliphatic carbocycles. The lowest BCUT2D eigenvalue weighted by Gasteiger charge is -2.33. The molecule has 1 unspecified atom stereocenters. The van der Waals surface area contributed by atoms with Crippen molar-refractivity contribution in [3.8, 4) is 0 Å². The third-order valence-corrected chi connectivity index (χ3v) is 4.58. The van der Waals surface area contributed by atoms with Crippen LogP contribution in [0.25, 0.3) is 0 Å². The van der Waals surface area contributed by atoms with Crippen molar-refractivity contribution >= 4 is 24.2 Å². The second kappa shape index (κ2) is 10.9. The zero-order valence-electron chi connectivity index (χ0n) is 14.4. The lowest BCUT2D eigenvalue weighted by Crippen LogP contribution is -2.44. The van der Waals surface area contributed by atoms with Crippen molar-refractivity contribution in [1.29, 1.82) is 0 Å². The normalized spacial score (nSPS) is 21.9. The van der Waals surface area contributed by atoms with Crippen LogP contribution in [0.1, 0.15) is 25.7 Å². The second-order valence-electron chi connectivity index (χ2n) is 6.27. The zero-order valence-corrected chi connectivity index (χ0v) is 15.3. The average Bonchev–Trinajstić information content (AvgIpc) is 2.94. The van der Waals surface area contributed by atoms with Crippen LogP contribution in [0, 0.1) is 5.92 Å². The Kier molecular flexibility index (Phi) is 9.58. The minimum Gasteiger partial charge on any atom is -0.383 e. The van der Waals surface area contributed by atoms with E-state index in [4.69, 9.17) is 15.2 Å². The number of carbonyl (C=O) groups excluding carboxylic acids is 2. The molecule has 0 spiro atoms. The standard InChI is InChI=1S/C16H29N3O4.ClH/c1-22-10-8-19-12-13(11-15(19)20)16(21)18-6-3-14(4-7-18)23-9-2-5-17;/h13-14H,2-12,17H2,1H3;1H. The molecule has 2 aliphatic rings. The third-order valence-electron chi connectivity index (χ3n) is 4.58. The molecule has 8 heteroatoms. The monoisotopic (exact) mass is 363 g/mol. The van der Waals surface area contributed by atoms with Crippen molar-refractivity contribution in [2.24, 2.45) is 11.7 Å². The number of nitrogens with zero attached hydrogens (tertiary/aromatic N) is 2. The van der Waals surface area contributed by atoms with E-state index < -0.39 is 0 Å². The van der Waals surface area contributed by atoms with Crippen LogP contribution in [0.4, 0.5) is 0 Å². The highest BCUT2D eigenvalue weighted by Gasteiger charge is 2.37. The molecule has 1 atom stereocenters. The summed E-state index contributed by atoms with van der Waals surface area (Å²) in [7, 11) is 1.61. The Morgan fingerprint density at radius 3 is 2.62 bits per heavy atom. The van der Waals surface area contributed by atoms with Gasteiger partial charge in [0.25, 0.3) is 0 Å².